The van der Waals surface area contributed by atoms with E-state index in [0.29, 0.717) is 31.2 Å². The number of amides is 1. The zero-order chi connectivity index (χ0) is 28.3. The molecule has 1 aromatic carbocycles. The molecule has 3 aromatic rings. The number of anilines is 2. The van der Waals surface area contributed by atoms with Crippen molar-refractivity contribution in [1.29, 1.82) is 0 Å². The quantitative estimate of drug-likeness (QED) is 0.394. The molecular formula is C30H43N7O3. The molecule has 2 fully saturated rings. The van der Waals surface area contributed by atoms with Gasteiger partial charge in [0.2, 0.25) is 5.95 Å². The molecule has 1 saturated carbocycles. The van der Waals surface area contributed by atoms with Gasteiger partial charge in [0.05, 0.1) is 12.7 Å². The first kappa shape index (κ1) is 28.0. The van der Waals surface area contributed by atoms with Crippen molar-refractivity contribution in [3.8, 4) is 0 Å². The average molecular weight is 550 g/mol. The molecule has 1 saturated heterocycles. The predicted molar refractivity (Wildman–Crippen MR) is 158 cm³/mol. The maximum atomic E-state index is 13.7. The molecule has 10 heteroatoms. The van der Waals surface area contributed by atoms with Crippen LogP contribution >= 0.6 is 0 Å². The molecule has 0 atom stereocenters. The molecule has 3 heterocycles. The lowest BCUT2D eigenvalue weighted by atomic mass is 10.1. The van der Waals surface area contributed by atoms with E-state index in [0.717, 1.165) is 74.9 Å². The smallest absolute Gasteiger partial charge is 0.410 e. The second-order valence-corrected chi connectivity index (χ2v) is 12.0. The van der Waals surface area contributed by atoms with Crippen LogP contribution in [-0.4, -0.2) is 68.4 Å². The number of ether oxygens (including phenoxy) is 1. The van der Waals surface area contributed by atoms with Crippen molar-refractivity contribution in [2.75, 3.05) is 42.9 Å². The third-order valence-electron chi connectivity index (χ3n) is 7.78. The van der Waals surface area contributed by atoms with Gasteiger partial charge in [0.1, 0.15) is 11.1 Å². The summed E-state index contributed by atoms with van der Waals surface area (Å²) in [5.74, 6) is 0.569. The Balaban J connectivity index is 1.32. The van der Waals surface area contributed by atoms with Crippen molar-refractivity contribution in [1.82, 2.24) is 24.0 Å². The fraction of sp³-hybridized carbons (Fsp3) is 0.600. The molecule has 1 N–H and O–H groups in total. The third kappa shape index (κ3) is 6.26. The number of nitrogens with one attached hydrogen (secondary N) is 1. The molecule has 0 radical (unpaired) electrons. The summed E-state index contributed by atoms with van der Waals surface area (Å²) >= 11 is 0. The fourth-order valence-corrected chi connectivity index (χ4v) is 5.65. The third-order valence-corrected chi connectivity index (χ3v) is 7.78. The number of fused-ring (bicyclic) bond motifs is 1. The topological polar surface area (TPSA) is 97.5 Å². The minimum absolute atomic E-state index is 0.00995. The molecular weight excluding hydrogens is 506 g/mol. The van der Waals surface area contributed by atoms with Gasteiger partial charge in [-0.1, -0.05) is 38.3 Å². The Hall–Kier alpha value is -3.56. The highest BCUT2D eigenvalue weighted by Crippen LogP contribution is 2.31. The summed E-state index contributed by atoms with van der Waals surface area (Å²) in [5.41, 5.74) is 3.16. The summed E-state index contributed by atoms with van der Waals surface area (Å²) in [6, 6.07) is 8.59. The van der Waals surface area contributed by atoms with E-state index < -0.39 is 5.60 Å². The van der Waals surface area contributed by atoms with Gasteiger partial charge >= 0.3 is 11.8 Å². The summed E-state index contributed by atoms with van der Waals surface area (Å²) < 4.78 is 9.25. The van der Waals surface area contributed by atoms with E-state index in [-0.39, 0.29) is 17.8 Å². The van der Waals surface area contributed by atoms with Crippen LogP contribution in [0.1, 0.15) is 77.8 Å². The van der Waals surface area contributed by atoms with E-state index in [1.54, 1.807) is 9.47 Å². The molecule has 2 aromatic heterocycles. The molecule has 216 valence electrons. The summed E-state index contributed by atoms with van der Waals surface area (Å²) in [6.45, 7) is 11.8. The van der Waals surface area contributed by atoms with Crippen molar-refractivity contribution in [3.63, 3.8) is 0 Å². The lowest BCUT2D eigenvalue weighted by molar-refractivity contribution is 0.0240. The van der Waals surface area contributed by atoms with E-state index in [9.17, 15) is 9.59 Å². The molecule has 10 nitrogen and oxygen atoms in total. The molecule has 0 spiro atoms. The number of nitrogens with zero attached hydrogens (tertiary/aromatic N) is 6. The van der Waals surface area contributed by atoms with Crippen molar-refractivity contribution in [2.24, 2.45) is 0 Å². The first-order chi connectivity index (χ1) is 19.2. The van der Waals surface area contributed by atoms with Gasteiger partial charge in [0.25, 0.3) is 0 Å². The second kappa shape index (κ2) is 11.9. The van der Waals surface area contributed by atoms with E-state index in [1.165, 1.54) is 0 Å². The Labute approximate surface area is 236 Å². The lowest BCUT2D eigenvalue weighted by Gasteiger charge is -2.36. The van der Waals surface area contributed by atoms with Crippen LogP contribution in [0.25, 0.3) is 11.2 Å². The highest BCUT2D eigenvalue weighted by Gasteiger charge is 2.27. The number of rotatable bonds is 8. The zero-order valence-corrected chi connectivity index (χ0v) is 24.4. The van der Waals surface area contributed by atoms with Gasteiger partial charge < -0.3 is 19.9 Å². The Bertz CT molecular complexity index is 1360. The molecule has 1 aliphatic carbocycles. The number of benzene rings is 1. The number of hydrogen-bond donors (Lipinski definition) is 1. The Morgan fingerprint density at radius 2 is 1.77 bits per heavy atom. The molecule has 0 unspecified atom stereocenters. The number of piperazine rings is 1. The van der Waals surface area contributed by atoms with Crippen molar-refractivity contribution in [2.45, 2.75) is 84.4 Å². The van der Waals surface area contributed by atoms with Gasteiger partial charge in [-0.05, 0) is 57.7 Å². The van der Waals surface area contributed by atoms with Crippen LogP contribution in [0.4, 0.5) is 16.4 Å². The molecule has 1 amide bonds. The standard InChI is InChI=1S/C30H43N7O3/c1-5-6-15-31-27-32-20-25-26(33-27)36(28(38)37(25)24-9-7-8-10-24)21-22-11-13-23(14-12-22)34-16-18-35(19-17-34)29(39)40-30(2,3)4/h11-14,20,24H,5-10,15-19,21H2,1-4H3,(H,31,32,33). The number of imidazole rings is 1. The normalized spacial score (nSPS) is 16.6. The van der Waals surface area contributed by atoms with Gasteiger partial charge in [0, 0.05) is 44.5 Å². The fourth-order valence-electron chi connectivity index (χ4n) is 5.65. The zero-order valence-electron chi connectivity index (χ0n) is 24.4. The summed E-state index contributed by atoms with van der Waals surface area (Å²) in [6.07, 6.45) is 8.03. The first-order valence-electron chi connectivity index (χ1n) is 14.8. The SMILES string of the molecule is CCCCNc1ncc2c(n1)n(Cc1ccc(N3CCN(C(=O)OC(C)(C)C)CC3)cc1)c(=O)n2C1CCCC1. The Morgan fingerprint density at radius 3 is 2.42 bits per heavy atom. The van der Waals surface area contributed by atoms with Gasteiger partial charge in [-0.15, -0.1) is 0 Å². The maximum Gasteiger partial charge on any atom is 0.410 e. The minimum Gasteiger partial charge on any atom is -0.444 e. The van der Waals surface area contributed by atoms with Crippen molar-refractivity contribution < 1.29 is 9.53 Å². The highest BCUT2D eigenvalue weighted by atomic mass is 16.6. The van der Waals surface area contributed by atoms with E-state index in [4.69, 9.17) is 9.72 Å². The molecule has 2 aliphatic rings. The van der Waals surface area contributed by atoms with Crippen molar-refractivity contribution in [3.05, 3.63) is 46.5 Å². The van der Waals surface area contributed by atoms with Crippen LogP contribution in [0, 0.1) is 0 Å². The number of unbranched alkanes of at least 4 members (excludes halogenated alkanes) is 1. The minimum atomic E-state index is -0.491. The molecule has 5 rings (SSSR count). The molecule has 0 bridgehead atoms. The Kier molecular flexibility index (Phi) is 8.32. The summed E-state index contributed by atoms with van der Waals surface area (Å²) in [7, 11) is 0. The van der Waals surface area contributed by atoms with E-state index >= 15 is 0 Å². The van der Waals surface area contributed by atoms with Crippen LogP contribution in [0.2, 0.25) is 0 Å². The monoisotopic (exact) mass is 549 g/mol. The van der Waals surface area contributed by atoms with Crippen molar-refractivity contribution >= 4 is 28.9 Å². The van der Waals surface area contributed by atoms with E-state index in [2.05, 4.69) is 46.4 Å². The summed E-state index contributed by atoms with van der Waals surface area (Å²) in [4.78, 5) is 39.5. The summed E-state index contributed by atoms with van der Waals surface area (Å²) in [5, 5.41) is 3.31. The van der Waals surface area contributed by atoms with Crippen LogP contribution < -0.4 is 15.9 Å². The van der Waals surface area contributed by atoms with Crippen LogP contribution in [0.3, 0.4) is 0 Å². The number of carbonyl (C=O) groups is 1. The molecule has 40 heavy (non-hydrogen) atoms. The highest BCUT2D eigenvalue weighted by molar-refractivity contribution is 5.72. The van der Waals surface area contributed by atoms with Crippen LogP contribution in [-0.2, 0) is 11.3 Å². The van der Waals surface area contributed by atoms with Crippen LogP contribution in [0.5, 0.6) is 0 Å². The van der Waals surface area contributed by atoms with Gasteiger partial charge in [0.15, 0.2) is 5.65 Å². The Morgan fingerprint density at radius 1 is 1.07 bits per heavy atom. The number of aromatic nitrogens is 4. The number of carbonyl (C=O) groups excluding carboxylic acids is 1. The lowest BCUT2D eigenvalue weighted by Crippen LogP contribution is -2.50. The maximum absolute atomic E-state index is 13.7. The van der Waals surface area contributed by atoms with Gasteiger partial charge in [-0.2, -0.15) is 4.98 Å². The van der Waals surface area contributed by atoms with Gasteiger partial charge in [-0.25, -0.2) is 14.6 Å². The molecule has 1 aliphatic heterocycles. The first-order valence-corrected chi connectivity index (χ1v) is 14.8. The average Bonchev–Trinajstić information content (AvgIpc) is 3.55. The second-order valence-electron chi connectivity index (χ2n) is 12.0. The predicted octanol–water partition coefficient (Wildman–Crippen LogP) is 5.03. The number of hydrogen-bond acceptors (Lipinski definition) is 7. The van der Waals surface area contributed by atoms with Gasteiger partial charge in [-0.3, -0.25) is 9.13 Å². The van der Waals surface area contributed by atoms with E-state index in [1.807, 2.05) is 31.5 Å². The largest absolute Gasteiger partial charge is 0.444 e. The van der Waals surface area contributed by atoms with Crippen LogP contribution in [0.15, 0.2) is 35.3 Å².